The molecule has 4 nitrogen and oxygen atoms in total. The van der Waals surface area contributed by atoms with Gasteiger partial charge in [-0.1, -0.05) is 11.6 Å². The van der Waals surface area contributed by atoms with Crippen LogP contribution in [-0.4, -0.2) is 11.9 Å². The first-order chi connectivity index (χ1) is 6.51. The van der Waals surface area contributed by atoms with Gasteiger partial charge in [0, 0.05) is 6.04 Å². The summed E-state index contributed by atoms with van der Waals surface area (Å²) in [5.74, 6) is 4.81. The molecule has 80 valence electrons. The van der Waals surface area contributed by atoms with Crippen LogP contribution in [0.2, 0.25) is 0 Å². The maximum Gasteiger partial charge on any atom is 0.289 e. The molecule has 0 radical (unpaired) electrons. The van der Waals surface area contributed by atoms with Crippen molar-refractivity contribution in [2.75, 3.05) is 0 Å². The number of nitrogens with two attached hydrogens (primary N) is 1. The van der Waals surface area contributed by atoms with Gasteiger partial charge in [-0.2, -0.15) is 5.90 Å². The molecular formula is C10H18N2O2. The van der Waals surface area contributed by atoms with Crippen LogP contribution in [0.1, 0.15) is 27.7 Å². The van der Waals surface area contributed by atoms with Crippen molar-refractivity contribution in [3.63, 3.8) is 0 Å². The van der Waals surface area contributed by atoms with Gasteiger partial charge in [0.15, 0.2) is 0 Å². The predicted octanol–water partition coefficient (Wildman–Crippen LogP) is 1.25. The van der Waals surface area contributed by atoms with Crippen molar-refractivity contribution in [1.29, 1.82) is 0 Å². The Kier molecular flexibility index (Phi) is 5.64. The maximum atomic E-state index is 11.4. The molecule has 0 unspecified atom stereocenters. The molecule has 0 saturated carbocycles. The largest absolute Gasteiger partial charge is 0.406 e. The molecule has 0 saturated heterocycles. The molecule has 0 aliphatic rings. The normalized spacial score (nSPS) is 13.0. The van der Waals surface area contributed by atoms with Gasteiger partial charge in [-0.25, -0.2) is 0 Å². The van der Waals surface area contributed by atoms with E-state index in [1.54, 1.807) is 6.08 Å². The summed E-state index contributed by atoms with van der Waals surface area (Å²) in [6, 6.07) is 0.0620. The van der Waals surface area contributed by atoms with Crippen LogP contribution in [0.4, 0.5) is 0 Å². The van der Waals surface area contributed by atoms with Gasteiger partial charge in [0.25, 0.3) is 5.91 Å². The summed E-state index contributed by atoms with van der Waals surface area (Å²) in [5, 5.41) is 2.68. The Bertz CT molecular complexity index is 255. The second-order valence-electron chi connectivity index (χ2n) is 3.29. The highest BCUT2D eigenvalue weighted by atomic mass is 16.6. The van der Waals surface area contributed by atoms with E-state index in [1.807, 2.05) is 33.8 Å². The molecule has 0 aromatic rings. The Morgan fingerprint density at radius 2 is 2.07 bits per heavy atom. The van der Waals surface area contributed by atoms with Gasteiger partial charge < -0.3 is 10.2 Å². The third-order valence-corrected chi connectivity index (χ3v) is 1.58. The van der Waals surface area contributed by atoms with Gasteiger partial charge in [0.2, 0.25) is 5.76 Å². The van der Waals surface area contributed by atoms with E-state index in [0.717, 1.165) is 5.57 Å². The number of hydrogen-bond donors (Lipinski definition) is 2. The van der Waals surface area contributed by atoms with E-state index in [2.05, 4.69) is 10.2 Å². The van der Waals surface area contributed by atoms with E-state index >= 15 is 0 Å². The summed E-state index contributed by atoms with van der Waals surface area (Å²) in [6.45, 7) is 7.48. The monoisotopic (exact) mass is 198 g/mol. The molecule has 0 bridgehead atoms. The average Bonchev–Trinajstić information content (AvgIpc) is 2.12. The molecule has 1 amide bonds. The second kappa shape index (κ2) is 6.21. The lowest BCUT2D eigenvalue weighted by molar-refractivity contribution is -0.121. The lowest BCUT2D eigenvalue weighted by atomic mass is 10.2. The average molecular weight is 198 g/mol. The number of amides is 1. The minimum atomic E-state index is -0.302. The fourth-order valence-corrected chi connectivity index (χ4v) is 0.777. The number of carbonyl (C=O) groups excluding carboxylic acids is 1. The van der Waals surface area contributed by atoms with Crippen molar-refractivity contribution in [3.8, 4) is 0 Å². The molecule has 0 heterocycles. The minimum absolute atomic E-state index is 0.0620. The molecule has 0 atom stereocenters. The zero-order chi connectivity index (χ0) is 11.1. The Morgan fingerprint density at radius 3 is 2.43 bits per heavy atom. The molecule has 0 spiro atoms. The van der Waals surface area contributed by atoms with E-state index in [-0.39, 0.29) is 17.7 Å². The zero-order valence-corrected chi connectivity index (χ0v) is 9.13. The molecule has 0 aromatic heterocycles. The molecule has 0 aliphatic carbocycles. The molecule has 4 heteroatoms. The van der Waals surface area contributed by atoms with Gasteiger partial charge in [-0.3, -0.25) is 4.79 Å². The van der Waals surface area contributed by atoms with Crippen molar-refractivity contribution in [1.82, 2.24) is 5.32 Å². The number of nitrogens with one attached hydrogen (secondary N) is 1. The summed E-state index contributed by atoms with van der Waals surface area (Å²) < 4.78 is 0. The van der Waals surface area contributed by atoms with Crippen molar-refractivity contribution in [2.24, 2.45) is 5.90 Å². The lowest BCUT2D eigenvalue weighted by Gasteiger charge is -2.09. The Morgan fingerprint density at radius 1 is 1.50 bits per heavy atom. The van der Waals surface area contributed by atoms with Crippen molar-refractivity contribution in [2.45, 2.75) is 33.7 Å². The Hall–Kier alpha value is -1.29. The number of allylic oxidation sites excluding steroid dienone is 3. The van der Waals surface area contributed by atoms with Crippen LogP contribution in [-0.2, 0) is 9.63 Å². The van der Waals surface area contributed by atoms with Crippen LogP contribution in [0.5, 0.6) is 0 Å². The predicted molar refractivity (Wildman–Crippen MR) is 56.1 cm³/mol. The minimum Gasteiger partial charge on any atom is -0.406 e. The Labute approximate surface area is 84.8 Å². The van der Waals surface area contributed by atoms with Crippen molar-refractivity contribution in [3.05, 3.63) is 23.5 Å². The topological polar surface area (TPSA) is 64.3 Å². The molecule has 0 aromatic carbocycles. The smallest absolute Gasteiger partial charge is 0.289 e. The highest BCUT2D eigenvalue weighted by molar-refractivity contribution is 5.91. The molecule has 3 N–H and O–H groups in total. The number of carbonyl (C=O) groups is 1. The fraction of sp³-hybridized carbons (Fsp3) is 0.500. The third-order valence-electron chi connectivity index (χ3n) is 1.58. The van der Waals surface area contributed by atoms with Crippen molar-refractivity contribution >= 4 is 5.91 Å². The third kappa shape index (κ3) is 4.67. The van der Waals surface area contributed by atoms with E-state index in [4.69, 9.17) is 5.90 Å². The first kappa shape index (κ1) is 12.7. The molecule has 0 fully saturated rings. The van der Waals surface area contributed by atoms with Crippen LogP contribution >= 0.6 is 0 Å². The highest BCUT2D eigenvalue weighted by Crippen LogP contribution is 2.02. The zero-order valence-electron chi connectivity index (χ0n) is 9.13. The molecule has 0 rings (SSSR count). The fourth-order valence-electron chi connectivity index (χ4n) is 0.777. The summed E-state index contributed by atoms with van der Waals surface area (Å²) in [7, 11) is 0. The van der Waals surface area contributed by atoms with E-state index in [9.17, 15) is 4.79 Å². The van der Waals surface area contributed by atoms with Crippen LogP contribution in [0.15, 0.2) is 23.5 Å². The molecule has 0 aliphatic heterocycles. The summed E-state index contributed by atoms with van der Waals surface area (Å²) in [4.78, 5) is 15.9. The SMILES string of the molecule is C/C=C(C)\C=C(/ON)C(=O)NC(C)C. The standard InChI is InChI=1S/C10H18N2O2/c1-5-8(4)6-9(14-11)10(13)12-7(2)3/h5-7H,11H2,1-4H3,(H,12,13)/b8-5-,9-6-. The number of rotatable bonds is 4. The van der Waals surface area contributed by atoms with E-state index in [1.165, 1.54) is 0 Å². The van der Waals surface area contributed by atoms with Crippen LogP contribution in [0, 0.1) is 0 Å². The van der Waals surface area contributed by atoms with Gasteiger partial charge in [0.1, 0.15) is 0 Å². The molecule has 14 heavy (non-hydrogen) atoms. The second-order valence-corrected chi connectivity index (χ2v) is 3.29. The van der Waals surface area contributed by atoms with Crippen LogP contribution in [0.25, 0.3) is 0 Å². The lowest BCUT2D eigenvalue weighted by Crippen LogP contribution is -2.32. The van der Waals surface area contributed by atoms with Gasteiger partial charge in [0.05, 0.1) is 0 Å². The van der Waals surface area contributed by atoms with Gasteiger partial charge in [-0.05, 0) is 33.8 Å². The van der Waals surface area contributed by atoms with Crippen LogP contribution < -0.4 is 11.2 Å². The van der Waals surface area contributed by atoms with Gasteiger partial charge >= 0.3 is 0 Å². The number of hydrogen-bond acceptors (Lipinski definition) is 3. The highest BCUT2D eigenvalue weighted by Gasteiger charge is 2.10. The first-order valence-electron chi connectivity index (χ1n) is 4.53. The first-order valence-corrected chi connectivity index (χ1v) is 4.53. The Balaban J connectivity index is 4.56. The van der Waals surface area contributed by atoms with Crippen LogP contribution in [0.3, 0.4) is 0 Å². The summed E-state index contributed by atoms with van der Waals surface area (Å²) in [5.41, 5.74) is 0.921. The van der Waals surface area contributed by atoms with Crippen molar-refractivity contribution < 1.29 is 9.63 Å². The maximum absolute atomic E-state index is 11.4. The molecular weight excluding hydrogens is 180 g/mol. The summed E-state index contributed by atoms with van der Waals surface area (Å²) in [6.07, 6.45) is 3.46. The summed E-state index contributed by atoms with van der Waals surface area (Å²) >= 11 is 0. The van der Waals surface area contributed by atoms with E-state index in [0.29, 0.717) is 0 Å². The van der Waals surface area contributed by atoms with E-state index < -0.39 is 0 Å². The van der Waals surface area contributed by atoms with Gasteiger partial charge in [-0.15, -0.1) is 0 Å². The quantitative estimate of drug-likeness (QED) is 0.309.